The predicted molar refractivity (Wildman–Crippen MR) is 133 cm³/mol. The van der Waals surface area contributed by atoms with E-state index in [1.165, 1.54) is 17.2 Å². The first-order valence-electron chi connectivity index (χ1n) is 12.0. The van der Waals surface area contributed by atoms with Crippen LogP contribution in [0.1, 0.15) is 47.4 Å². The average molecular weight is 510 g/mol. The summed E-state index contributed by atoms with van der Waals surface area (Å²) in [5, 5.41) is -0.314. The summed E-state index contributed by atoms with van der Waals surface area (Å²) in [4.78, 5) is 15.0. The third-order valence-electron chi connectivity index (χ3n) is 7.58. The molecule has 184 valence electrons. The Morgan fingerprint density at radius 1 is 0.972 bits per heavy atom. The van der Waals surface area contributed by atoms with Gasteiger partial charge in [-0.15, -0.1) is 0 Å². The maximum absolute atomic E-state index is 13.4. The molecule has 0 radical (unpaired) electrons. The summed E-state index contributed by atoms with van der Waals surface area (Å²) in [6.45, 7) is 0.242. The second kappa shape index (κ2) is 8.70. The molecule has 0 spiro atoms. The van der Waals surface area contributed by atoms with Crippen LogP contribution >= 0.6 is 11.6 Å². The summed E-state index contributed by atoms with van der Waals surface area (Å²) >= 11 is 5.80. The van der Waals surface area contributed by atoms with Crippen molar-refractivity contribution in [3.05, 3.63) is 100 Å². The third kappa shape index (κ3) is 3.88. The Morgan fingerprint density at radius 3 is 2.28 bits per heavy atom. The molecule has 1 saturated heterocycles. The molecule has 3 nitrogen and oxygen atoms in total. The van der Waals surface area contributed by atoms with Gasteiger partial charge in [-0.2, -0.15) is 13.2 Å². The minimum absolute atomic E-state index is 0.0234. The van der Waals surface area contributed by atoms with Gasteiger partial charge < -0.3 is 4.74 Å². The van der Waals surface area contributed by atoms with Crippen molar-refractivity contribution in [1.82, 2.24) is 4.90 Å². The van der Waals surface area contributed by atoms with Crippen molar-refractivity contribution in [2.24, 2.45) is 0 Å². The van der Waals surface area contributed by atoms with E-state index in [4.69, 9.17) is 16.3 Å². The van der Waals surface area contributed by atoms with Crippen LogP contribution in [-0.2, 0) is 10.9 Å². The molecule has 36 heavy (non-hydrogen) atoms. The molecule has 1 fully saturated rings. The lowest BCUT2D eigenvalue weighted by atomic mass is 9.93. The average Bonchev–Trinajstić information content (AvgIpc) is 3.33. The van der Waals surface area contributed by atoms with E-state index in [0.717, 1.165) is 35.6 Å². The Labute approximate surface area is 212 Å². The summed E-state index contributed by atoms with van der Waals surface area (Å²) in [6.07, 6.45) is -0.943. The highest BCUT2D eigenvalue weighted by Gasteiger charge is 2.42. The lowest BCUT2D eigenvalue weighted by molar-refractivity contribution is -0.137. The molecule has 2 heterocycles. The largest absolute Gasteiger partial charge is 0.448 e. The standard InChI is InChI=1S/C29H23ClF3NO2/c30-27-12-9-17(15-26(27)29(31,32)33)18-13-19-10-11-20(14-18)34(19)28(35)36-16-25-23-7-3-1-5-21(23)22-6-2-4-8-24(22)25/h1-9,12-13,15,19-20,25H,10-11,14,16H2. The van der Waals surface area contributed by atoms with Crippen LogP contribution in [0.2, 0.25) is 5.02 Å². The SMILES string of the molecule is O=C(OCC1c2ccccc2-c2ccccc21)N1C2C=C(c3ccc(Cl)c(C(F)(F)F)c3)CC1CC2. The number of halogens is 4. The second-order valence-corrected chi connectivity index (χ2v) is 10.0. The molecule has 1 amide bonds. The van der Waals surface area contributed by atoms with Crippen LogP contribution in [0.5, 0.6) is 0 Å². The van der Waals surface area contributed by atoms with Gasteiger partial charge >= 0.3 is 12.3 Å². The van der Waals surface area contributed by atoms with Gasteiger partial charge in [-0.25, -0.2) is 4.79 Å². The minimum Gasteiger partial charge on any atom is -0.448 e. The van der Waals surface area contributed by atoms with Crippen LogP contribution in [0.25, 0.3) is 16.7 Å². The number of hydrogen-bond acceptors (Lipinski definition) is 2. The molecular formula is C29H23ClF3NO2. The number of hydrogen-bond donors (Lipinski definition) is 0. The number of rotatable bonds is 3. The zero-order chi connectivity index (χ0) is 25.0. The van der Waals surface area contributed by atoms with Crippen LogP contribution in [0.3, 0.4) is 0 Å². The zero-order valence-corrected chi connectivity index (χ0v) is 20.0. The predicted octanol–water partition coefficient (Wildman–Crippen LogP) is 7.93. The maximum Gasteiger partial charge on any atom is 0.417 e. The van der Waals surface area contributed by atoms with Gasteiger partial charge in [-0.1, -0.05) is 72.3 Å². The van der Waals surface area contributed by atoms with Crippen molar-refractivity contribution >= 4 is 23.3 Å². The summed E-state index contributed by atoms with van der Waals surface area (Å²) < 4.78 is 45.9. The topological polar surface area (TPSA) is 29.5 Å². The van der Waals surface area contributed by atoms with Crippen LogP contribution in [0.4, 0.5) is 18.0 Å². The number of nitrogens with zero attached hydrogens (tertiary/aromatic N) is 1. The van der Waals surface area contributed by atoms with Crippen LogP contribution < -0.4 is 0 Å². The number of alkyl halides is 3. The Hall–Kier alpha value is -3.25. The summed E-state index contributed by atoms with van der Waals surface area (Å²) in [7, 11) is 0. The molecule has 3 aromatic carbocycles. The molecule has 2 unspecified atom stereocenters. The molecular weight excluding hydrogens is 487 g/mol. The quantitative estimate of drug-likeness (QED) is 0.359. The Bertz CT molecular complexity index is 1340. The van der Waals surface area contributed by atoms with Crippen LogP contribution in [0.15, 0.2) is 72.8 Å². The van der Waals surface area contributed by atoms with Gasteiger partial charge in [0.15, 0.2) is 0 Å². The highest BCUT2D eigenvalue weighted by Crippen LogP contribution is 2.45. The van der Waals surface area contributed by atoms with Gasteiger partial charge in [0, 0.05) is 12.0 Å². The number of ether oxygens (including phenoxy) is 1. The highest BCUT2D eigenvalue weighted by atomic mass is 35.5. The second-order valence-electron chi connectivity index (χ2n) is 9.60. The van der Waals surface area contributed by atoms with Crippen molar-refractivity contribution in [2.45, 2.75) is 43.4 Å². The van der Waals surface area contributed by atoms with E-state index in [1.807, 2.05) is 30.3 Å². The van der Waals surface area contributed by atoms with E-state index >= 15 is 0 Å². The third-order valence-corrected chi connectivity index (χ3v) is 7.91. The van der Waals surface area contributed by atoms with Crippen molar-refractivity contribution < 1.29 is 22.7 Å². The normalized spacial score (nSPS) is 20.7. The molecule has 1 aliphatic carbocycles. The fourth-order valence-corrected chi connectivity index (χ4v) is 6.16. The lowest BCUT2D eigenvalue weighted by Crippen LogP contribution is -2.43. The van der Waals surface area contributed by atoms with E-state index in [2.05, 4.69) is 24.3 Å². The Kier molecular flexibility index (Phi) is 5.60. The zero-order valence-electron chi connectivity index (χ0n) is 19.3. The van der Waals surface area contributed by atoms with Gasteiger partial charge in [0.25, 0.3) is 0 Å². The first-order valence-corrected chi connectivity index (χ1v) is 12.4. The molecule has 7 heteroatoms. The molecule has 2 bridgehead atoms. The van der Waals surface area contributed by atoms with Crippen LogP contribution in [-0.4, -0.2) is 29.7 Å². The first-order chi connectivity index (χ1) is 17.3. The first kappa shape index (κ1) is 23.2. The van der Waals surface area contributed by atoms with Crippen molar-refractivity contribution in [2.75, 3.05) is 6.61 Å². The monoisotopic (exact) mass is 509 g/mol. The van der Waals surface area contributed by atoms with Gasteiger partial charge in [0.1, 0.15) is 6.61 Å². The van der Waals surface area contributed by atoms with Gasteiger partial charge in [0.05, 0.1) is 16.6 Å². The summed E-state index contributed by atoms with van der Waals surface area (Å²) in [5.74, 6) is -0.0234. The summed E-state index contributed by atoms with van der Waals surface area (Å²) in [6, 6.07) is 20.1. The van der Waals surface area contributed by atoms with Crippen molar-refractivity contribution in [1.29, 1.82) is 0 Å². The van der Waals surface area contributed by atoms with Gasteiger partial charge in [-0.3, -0.25) is 4.90 Å². The number of benzene rings is 3. The van der Waals surface area contributed by atoms with E-state index in [-0.39, 0.29) is 35.7 Å². The van der Waals surface area contributed by atoms with E-state index in [9.17, 15) is 18.0 Å². The number of carbonyl (C=O) groups excluding carboxylic acids is 1. The fraction of sp³-hybridized carbons (Fsp3) is 0.276. The van der Waals surface area contributed by atoms with Gasteiger partial charge in [0.2, 0.25) is 0 Å². The number of fused-ring (bicyclic) bond motifs is 5. The van der Waals surface area contributed by atoms with Crippen LogP contribution in [0, 0.1) is 0 Å². The molecule has 0 N–H and O–H groups in total. The van der Waals surface area contributed by atoms with E-state index in [1.54, 1.807) is 11.0 Å². The Morgan fingerprint density at radius 2 is 1.64 bits per heavy atom. The fourth-order valence-electron chi connectivity index (χ4n) is 5.94. The molecule has 6 rings (SSSR count). The molecule has 0 saturated carbocycles. The number of amides is 1. The number of carbonyl (C=O) groups is 1. The molecule has 2 atom stereocenters. The smallest absolute Gasteiger partial charge is 0.417 e. The maximum atomic E-state index is 13.4. The molecule has 0 aromatic heterocycles. The van der Waals surface area contributed by atoms with Gasteiger partial charge in [-0.05, 0) is 64.8 Å². The van der Waals surface area contributed by atoms with Crippen molar-refractivity contribution in [3.8, 4) is 11.1 Å². The van der Waals surface area contributed by atoms with E-state index in [0.29, 0.717) is 12.0 Å². The van der Waals surface area contributed by atoms with Crippen molar-refractivity contribution in [3.63, 3.8) is 0 Å². The van der Waals surface area contributed by atoms with E-state index < -0.39 is 11.7 Å². The highest BCUT2D eigenvalue weighted by molar-refractivity contribution is 6.31. The summed E-state index contributed by atoms with van der Waals surface area (Å²) in [5.41, 5.74) is 5.11. The molecule has 2 aliphatic heterocycles. The molecule has 3 aromatic rings. The lowest BCUT2D eigenvalue weighted by Gasteiger charge is -2.33. The minimum atomic E-state index is -4.52. The Balaban J connectivity index is 1.20. The molecule has 3 aliphatic rings.